The lowest BCUT2D eigenvalue weighted by Crippen LogP contribution is -2.50. The zero-order valence-corrected chi connectivity index (χ0v) is 10.5. The maximum Gasteiger partial charge on any atom is 0.0923 e. The monoisotopic (exact) mass is 226 g/mol. The molecule has 2 aliphatic rings. The highest BCUT2D eigenvalue weighted by molar-refractivity contribution is 4.97. The van der Waals surface area contributed by atoms with Crippen LogP contribution in [0.2, 0.25) is 0 Å². The lowest BCUT2D eigenvalue weighted by atomic mass is 9.97. The second-order valence-electron chi connectivity index (χ2n) is 5.89. The molecule has 0 aromatic rings. The lowest BCUT2D eigenvalue weighted by molar-refractivity contribution is -0.00764. The van der Waals surface area contributed by atoms with Crippen LogP contribution in [0.15, 0.2) is 0 Å². The summed E-state index contributed by atoms with van der Waals surface area (Å²) in [7, 11) is 0. The molecule has 2 rings (SSSR count). The molecule has 2 fully saturated rings. The van der Waals surface area contributed by atoms with Crippen LogP contribution in [-0.2, 0) is 0 Å². The van der Waals surface area contributed by atoms with Gasteiger partial charge in [0.2, 0.25) is 0 Å². The Balaban J connectivity index is 1.87. The van der Waals surface area contributed by atoms with E-state index in [9.17, 15) is 5.11 Å². The Hall–Kier alpha value is -0.120. The maximum absolute atomic E-state index is 10.5. The molecule has 1 heterocycles. The van der Waals surface area contributed by atoms with Crippen LogP contribution in [0.5, 0.6) is 0 Å². The van der Waals surface area contributed by atoms with Gasteiger partial charge < -0.3 is 15.7 Å². The van der Waals surface area contributed by atoms with E-state index >= 15 is 0 Å². The summed E-state index contributed by atoms with van der Waals surface area (Å²) in [5.74, 6) is 1.31. The fraction of sp³-hybridized carbons (Fsp3) is 1.00. The number of nitrogens with zero attached hydrogens (tertiary/aromatic N) is 1. The van der Waals surface area contributed by atoms with Crippen LogP contribution in [0.25, 0.3) is 0 Å². The van der Waals surface area contributed by atoms with Crippen LogP contribution in [0, 0.1) is 11.8 Å². The van der Waals surface area contributed by atoms with Gasteiger partial charge in [0, 0.05) is 13.1 Å². The molecular formula is C13H26N2O. The summed E-state index contributed by atoms with van der Waals surface area (Å²) in [5, 5.41) is 10.5. The average Bonchev–Trinajstić information content (AvgIpc) is 3.07. The number of aliphatic hydroxyl groups is 1. The van der Waals surface area contributed by atoms with Crippen LogP contribution in [0.1, 0.15) is 39.0 Å². The molecule has 0 aromatic heterocycles. The predicted molar refractivity (Wildman–Crippen MR) is 66.2 cm³/mol. The number of hydrogen-bond donors (Lipinski definition) is 2. The molecule has 2 atom stereocenters. The van der Waals surface area contributed by atoms with Crippen molar-refractivity contribution in [1.82, 2.24) is 4.90 Å². The number of nitrogens with two attached hydrogens (primary N) is 1. The van der Waals surface area contributed by atoms with Crippen molar-refractivity contribution in [1.29, 1.82) is 0 Å². The topological polar surface area (TPSA) is 49.5 Å². The maximum atomic E-state index is 10.5. The lowest BCUT2D eigenvalue weighted by Gasteiger charge is -2.33. The van der Waals surface area contributed by atoms with Crippen molar-refractivity contribution in [3.05, 3.63) is 0 Å². The van der Waals surface area contributed by atoms with Gasteiger partial charge in [0.25, 0.3) is 0 Å². The highest BCUT2D eigenvalue weighted by Crippen LogP contribution is 2.39. The van der Waals surface area contributed by atoms with E-state index in [1.165, 1.54) is 19.3 Å². The van der Waals surface area contributed by atoms with Gasteiger partial charge >= 0.3 is 0 Å². The third-order valence-corrected chi connectivity index (χ3v) is 4.30. The Labute approximate surface area is 99.0 Å². The first-order valence-electron chi connectivity index (χ1n) is 6.79. The standard InChI is InChI=1S/C13H26N2O/c1-11-3-2-7-15(8-6-11)10-13(16,9-14)12-4-5-12/h11-12,16H,2-10,14H2,1H3. The summed E-state index contributed by atoms with van der Waals surface area (Å²) in [6, 6.07) is 0. The van der Waals surface area contributed by atoms with Gasteiger partial charge in [-0.2, -0.15) is 0 Å². The summed E-state index contributed by atoms with van der Waals surface area (Å²) >= 11 is 0. The molecule has 1 aliphatic heterocycles. The van der Waals surface area contributed by atoms with Crippen molar-refractivity contribution in [3.63, 3.8) is 0 Å². The molecule has 0 radical (unpaired) electrons. The second-order valence-corrected chi connectivity index (χ2v) is 5.89. The number of β-amino-alcohol motifs (C(OH)–C–C–N with tert-alkyl or cyclic N) is 1. The van der Waals surface area contributed by atoms with Gasteiger partial charge in [0.1, 0.15) is 0 Å². The molecule has 3 nitrogen and oxygen atoms in total. The van der Waals surface area contributed by atoms with Gasteiger partial charge in [-0.15, -0.1) is 0 Å². The minimum atomic E-state index is -0.604. The summed E-state index contributed by atoms with van der Waals surface area (Å²) in [5.41, 5.74) is 5.15. The molecule has 0 bridgehead atoms. The van der Waals surface area contributed by atoms with E-state index in [0.29, 0.717) is 12.5 Å². The van der Waals surface area contributed by atoms with Gasteiger partial charge in [-0.25, -0.2) is 0 Å². The van der Waals surface area contributed by atoms with Gasteiger partial charge in [-0.05, 0) is 57.0 Å². The molecule has 3 heteroatoms. The van der Waals surface area contributed by atoms with Crippen LogP contribution in [-0.4, -0.2) is 41.8 Å². The van der Waals surface area contributed by atoms with E-state index < -0.39 is 5.60 Å². The van der Waals surface area contributed by atoms with Crippen molar-refractivity contribution < 1.29 is 5.11 Å². The Bertz CT molecular complexity index is 230. The zero-order chi connectivity index (χ0) is 11.6. The molecule has 16 heavy (non-hydrogen) atoms. The molecule has 1 saturated carbocycles. The van der Waals surface area contributed by atoms with Gasteiger partial charge in [0.05, 0.1) is 5.60 Å². The summed E-state index contributed by atoms with van der Waals surface area (Å²) in [4.78, 5) is 2.43. The first-order chi connectivity index (χ1) is 7.64. The quantitative estimate of drug-likeness (QED) is 0.757. The van der Waals surface area contributed by atoms with Gasteiger partial charge in [0.15, 0.2) is 0 Å². The van der Waals surface area contributed by atoms with E-state index in [0.717, 1.165) is 38.4 Å². The number of likely N-dealkylation sites (tertiary alicyclic amines) is 1. The van der Waals surface area contributed by atoms with Crippen molar-refractivity contribution >= 4 is 0 Å². The van der Waals surface area contributed by atoms with E-state index in [-0.39, 0.29) is 0 Å². The van der Waals surface area contributed by atoms with Crippen LogP contribution in [0.4, 0.5) is 0 Å². The minimum absolute atomic E-state index is 0.420. The SMILES string of the molecule is CC1CCCN(CC(O)(CN)C2CC2)CC1. The molecule has 0 spiro atoms. The second kappa shape index (κ2) is 5.03. The van der Waals surface area contributed by atoms with Crippen LogP contribution >= 0.6 is 0 Å². The summed E-state index contributed by atoms with van der Waals surface area (Å²) < 4.78 is 0. The molecule has 1 saturated heterocycles. The third kappa shape index (κ3) is 2.96. The van der Waals surface area contributed by atoms with E-state index in [1.807, 2.05) is 0 Å². The zero-order valence-electron chi connectivity index (χ0n) is 10.5. The summed E-state index contributed by atoms with van der Waals surface area (Å²) in [6.45, 7) is 5.82. The number of rotatable bonds is 4. The minimum Gasteiger partial charge on any atom is -0.387 e. The molecule has 3 N–H and O–H groups in total. The normalized spacial score (nSPS) is 32.1. The van der Waals surface area contributed by atoms with Crippen molar-refractivity contribution in [3.8, 4) is 0 Å². The van der Waals surface area contributed by atoms with Crippen molar-refractivity contribution in [2.75, 3.05) is 26.2 Å². The molecule has 2 unspecified atom stereocenters. The molecule has 1 aliphatic carbocycles. The highest BCUT2D eigenvalue weighted by Gasteiger charge is 2.43. The Morgan fingerprint density at radius 3 is 2.62 bits per heavy atom. The van der Waals surface area contributed by atoms with Crippen molar-refractivity contribution in [2.24, 2.45) is 17.6 Å². The van der Waals surface area contributed by atoms with Gasteiger partial charge in [-0.3, -0.25) is 0 Å². The van der Waals surface area contributed by atoms with Crippen molar-refractivity contribution in [2.45, 2.75) is 44.6 Å². The highest BCUT2D eigenvalue weighted by atomic mass is 16.3. The fourth-order valence-corrected chi connectivity index (χ4v) is 2.85. The van der Waals surface area contributed by atoms with E-state index in [1.54, 1.807) is 0 Å². The molecule has 0 amide bonds. The third-order valence-electron chi connectivity index (χ3n) is 4.30. The Morgan fingerprint density at radius 1 is 1.25 bits per heavy atom. The van der Waals surface area contributed by atoms with E-state index in [4.69, 9.17) is 5.73 Å². The van der Waals surface area contributed by atoms with E-state index in [2.05, 4.69) is 11.8 Å². The Kier molecular flexibility index (Phi) is 3.88. The molecule has 94 valence electrons. The van der Waals surface area contributed by atoms with Crippen LogP contribution in [0.3, 0.4) is 0 Å². The van der Waals surface area contributed by atoms with Gasteiger partial charge in [-0.1, -0.05) is 6.92 Å². The average molecular weight is 226 g/mol. The smallest absolute Gasteiger partial charge is 0.0923 e. The first kappa shape index (κ1) is 12.3. The molecular weight excluding hydrogens is 200 g/mol. The van der Waals surface area contributed by atoms with Crippen LogP contribution < -0.4 is 5.73 Å². The number of hydrogen-bond acceptors (Lipinski definition) is 3. The molecule has 0 aromatic carbocycles. The summed E-state index contributed by atoms with van der Waals surface area (Å²) in [6.07, 6.45) is 6.20. The first-order valence-corrected chi connectivity index (χ1v) is 6.79. The largest absolute Gasteiger partial charge is 0.387 e. The predicted octanol–water partition coefficient (Wildman–Crippen LogP) is 1.21. The fourth-order valence-electron chi connectivity index (χ4n) is 2.85. The Morgan fingerprint density at radius 2 is 2.00 bits per heavy atom.